The molecule has 1 aliphatic carbocycles. The Balaban J connectivity index is 2.03. The van der Waals surface area contributed by atoms with Gasteiger partial charge in [0, 0.05) is 13.1 Å². The van der Waals surface area contributed by atoms with E-state index in [0.717, 1.165) is 16.6 Å². The Labute approximate surface area is 140 Å². The fraction of sp³-hybridized carbons (Fsp3) is 0.500. The highest BCUT2D eigenvalue weighted by molar-refractivity contribution is 9.11. The summed E-state index contributed by atoms with van der Waals surface area (Å²) in [5.41, 5.74) is 0. The molecule has 1 aromatic rings. The molecule has 1 aliphatic rings. The first-order valence-electron chi connectivity index (χ1n) is 6.86. The van der Waals surface area contributed by atoms with E-state index in [2.05, 4.69) is 15.9 Å². The minimum absolute atomic E-state index is 0.0158. The highest BCUT2D eigenvalue weighted by Gasteiger charge is 2.38. The third-order valence-electron chi connectivity index (χ3n) is 3.51. The van der Waals surface area contributed by atoms with Crippen molar-refractivity contribution in [3.8, 4) is 0 Å². The predicted octanol–water partition coefficient (Wildman–Crippen LogP) is 2.05. The van der Waals surface area contributed by atoms with E-state index < -0.39 is 12.0 Å². The number of amides is 2. The molecule has 1 heterocycles. The highest BCUT2D eigenvalue weighted by Crippen LogP contribution is 2.29. The summed E-state index contributed by atoms with van der Waals surface area (Å²) in [4.78, 5) is 39.0. The molecule has 1 fully saturated rings. The fourth-order valence-electron chi connectivity index (χ4n) is 2.18. The number of halogens is 1. The van der Waals surface area contributed by atoms with Crippen molar-refractivity contribution in [2.45, 2.75) is 31.8 Å². The SMILES string of the molecule is CC(C(=O)O)N(C(=O)CN(C)C(=O)c1ccc(Br)s1)C1CC1. The topological polar surface area (TPSA) is 77.9 Å². The van der Waals surface area contributed by atoms with Crippen molar-refractivity contribution in [2.24, 2.45) is 0 Å². The maximum Gasteiger partial charge on any atom is 0.326 e. The lowest BCUT2D eigenvalue weighted by atomic mass is 10.2. The molecule has 0 aromatic carbocycles. The van der Waals surface area contributed by atoms with E-state index >= 15 is 0 Å². The van der Waals surface area contributed by atoms with Gasteiger partial charge in [-0.2, -0.15) is 0 Å². The number of hydrogen-bond acceptors (Lipinski definition) is 4. The molecule has 6 nitrogen and oxygen atoms in total. The van der Waals surface area contributed by atoms with Crippen LogP contribution in [-0.2, 0) is 9.59 Å². The van der Waals surface area contributed by atoms with Gasteiger partial charge >= 0.3 is 5.97 Å². The van der Waals surface area contributed by atoms with Crippen LogP contribution in [0.15, 0.2) is 15.9 Å². The Morgan fingerprint density at radius 1 is 1.41 bits per heavy atom. The first-order chi connectivity index (χ1) is 10.3. The summed E-state index contributed by atoms with van der Waals surface area (Å²) in [6.07, 6.45) is 1.64. The largest absolute Gasteiger partial charge is 0.480 e. The predicted molar refractivity (Wildman–Crippen MR) is 85.9 cm³/mol. The summed E-state index contributed by atoms with van der Waals surface area (Å²) < 4.78 is 0.842. The molecular weight excluding hydrogens is 372 g/mol. The number of carbonyl (C=O) groups is 3. The van der Waals surface area contributed by atoms with Gasteiger partial charge in [-0.05, 0) is 47.8 Å². The van der Waals surface area contributed by atoms with E-state index in [0.29, 0.717) is 4.88 Å². The maximum atomic E-state index is 12.4. The average Bonchev–Trinajstić information content (AvgIpc) is 3.18. The highest BCUT2D eigenvalue weighted by atomic mass is 79.9. The van der Waals surface area contributed by atoms with Crippen LogP contribution in [0.4, 0.5) is 0 Å². The van der Waals surface area contributed by atoms with Gasteiger partial charge in [0.1, 0.15) is 6.04 Å². The van der Waals surface area contributed by atoms with Crippen LogP contribution in [0.1, 0.15) is 29.4 Å². The quantitative estimate of drug-likeness (QED) is 0.808. The lowest BCUT2D eigenvalue weighted by Gasteiger charge is -2.28. The van der Waals surface area contributed by atoms with Gasteiger partial charge in [-0.25, -0.2) is 4.79 Å². The number of hydrogen-bond donors (Lipinski definition) is 1. The Hall–Kier alpha value is -1.41. The molecule has 1 N–H and O–H groups in total. The van der Waals surface area contributed by atoms with Gasteiger partial charge in [0.05, 0.1) is 15.2 Å². The van der Waals surface area contributed by atoms with Crippen molar-refractivity contribution in [3.63, 3.8) is 0 Å². The smallest absolute Gasteiger partial charge is 0.326 e. The monoisotopic (exact) mass is 388 g/mol. The van der Waals surface area contributed by atoms with E-state index in [1.165, 1.54) is 28.1 Å². The van der Waals surface area contributed by atoms with Crippen LogP contribution in [-0.4, -0.2) is 58.4 Å². The van der Waals surface area contributed by atoms with Gasteiger partial charge in [0.15, 0.2) is 0 Å². The molecule has 0 radical (unpaired) electrons. The van der Waals surface area contributed by atoms with E-state index in [1.54, 1.807) is 19.2 Å². The van der Waals surface area contributed by atoms with Gasteiger partial charge in [-0.1, -0.05) is 0 Å². The lowest BCUT2D eigenvalue weighted by molar-refractivity contribution is -0.150. The Bertz CT molecular complexity index is 599. The number of nitrogens with zero attached hydrogens (tertiary/aromatic N) is 2. The van der Waals surface area contributed by atoms with Crippen LogP contribution in [0, 0.1) is 0 Å². The van der Waals surface area contributed by atoms with Crippen molar-refractivity contribution < 1.29 is 19.5 Å². The summed E-state index contributed by atoms with van der Waals surface area (Å²) >= 11 is 4.59. The van der Waals surface area contributed by atoms with Crippen LogP contribution in [0.2, 0.25) is 0 Å². The minimum Gasteiger partial charge on any atom is -0.480 e. The molecule has 8 heteroatoms. The van der Waals surface area contributed by atoms with Gasteiger partial charge in [0.25, 0.3) is 5.91 Å². The second-order valence-corrected chi connectivity index (χ2v) is 7.77. The standard InChI is InChI=1S/C14H17BrN2O4S/c1-8(14(20)21)17(9-3-4-9)12(18)7-16(2)13(19)10-5-6-11(15)22-10/h5-6,8-9H,3-4,7H2,1-2H3,(H,20,21). The zero-order chi connectivity index (χ0) is 16.4. The minimum atomic E-state index is -1.03. The molecule has 0 bridgehead atoms. The summed E-state index contributed by atoms with van der Waals surface area (Å²) in [5.74, 6) is -1.61. The van der Waals surface area contributed by atoms with Gasteiger partial charge in [-0.3, -0.25) is 9.59 Å². The van der Waals surface area contributed by atoms with Crippen LogP contribution >= 0.6 is 27.3 Å². The number of thiophene rings is 1. The first kappa shape index (κ1) is 17.0. The third kappa shape index (κ3) is 3.86. The van der Waals surface area contributed by atoms with Crippen molar-refractivity contribution in [1.29, 1.82) is 0 Å². The molecule has 1 saturated carbocycles. The summed E-state index contributed by atoms with van der Waals surface area (Å²) in [6.45, 7) is 1.37. The van der Waals surface area contributed by atoms with E-state index in [1.807, 2.05) is 0 Å². The van der Waals surface area contributed by atoms with Gasteiger partial charge < -0.3 is 14.9 Å². The van der Waals surface area contributed by atoms with E-state index in [-0.39, 0.29) is 24.4 Å². The zero-order valence-electron chi connectivity index (χ0n) is 12.3. The molecule has 22 heavy (non-hydrogen) atoms. The number of carboxylic acid groups (broad SMARTS) is 1. The van der Waals surface area contributed by atoms with Crippen LogP contribution < -0.4 is 0 Å². The molecule has 1 aromatic heterocycles. The number of rotatable bonds is 6. The first-order valence-corrected chi connectivity index (χ1v) is 8.47. The summed E-state index contributed by atoms with van der Waals surface area (Å²) in [7, 11) is 1.55. The van der Waals surface area contributed by atoms with Crippen LogP contribution in [0.25, 0.3) is 0 Å². The van der Waals surface area contributed by atoms with E-state index in [9.17, 15) is 14.4 Å². The average molecular weight is 389 g/mol. The van der Waals surface area contributed by atoms with Gasteiger partial charge in [-0.15, -0.1) is 11.3 Å². The molecule has 1 atom stereocenters. The Kier molecular flexibility index (Phi) is 5.23. The number of carbonyl (C=O) groups excluding carboxylic acids is 2. The second-order valence-electron chi connectivity index (χ2n) is 5.31. The summed E-state index contributed by atoms with van der Waals surface area (Å²) in [5, 5.41) is 9.12. The van der Waals surface area contributed by atoms with Crippen molar-refractivity contribution >= 4 is 45.1 Å². The van der Waals surface area contributed by atoms with Crippen molar-refractivity contribution in [3.05, 3.63) is 20.8 Å². The molecule has 2 amide bonds. The Morgan fingerprint density at radius 3 is 2.50 bits per heavy atom. The third-order valence-corrected chi connectivity index (χ3v) is 5.12. The number of aliphatic carboxylic acids is 1. The van der Waals surface area contributed by atoms with Gasteiger partial charge in [0.2, 0.25) is 5.91 Å². The van der Waals surface area contributed by atoms with Crippen molar-refractivity contribution in [1.82, 2.24) is 9.80 Å². The lowest BCUT2D eigenvalue weighted by Crippen LogP contribution is -2.49. The number of carboxylic acids is 1. The summed E-state index contributed by atoms with van der Waals surface area (Å²) in [6, 6.07) is 2.57. The Morgan fingerprint density at radius 2 is 2.05 bits per heavy atom. The molecule has 120 valence electrons. The zero-order valence-corrected chi connectivity index (χ0v) is 14.7. The van der Waals surface area contributed by atoms with Crippen molar-refractivity contribution in [2.75, 3.05) is 13.6 Å². The van der Waals surface area contributed by atoms with Crippen LogP contribution in [0.5, 0.6) is 0 Å². The maximum absolute atomic E-state index is 12.4. The normalized spacial score (nSPS) is 15.2. The van der Waals surface area contributed by atoms with E-state index in [4.69, 9.17) is 5.11 Å². The molecule has 2 rings (SSSR count). The fourth-order valence-corrected chi connectivity index (χ4v) is 3.56. The molecular formula is C14H17BrN2O4S. The second kappa shape index (κ2) is 6.78. The van der Waals surface area contributed by atoms with Crippen LogP contribution in [0.3, 0.4) is 0 Å². The molecule has 0 spiro atoms. The number of likely N-dealkylation sites (N-methyl/N-ethyl adjacent to an activating group) is 1. The molecule has 0 saturated heterocycles. The molecule has 1 unspecified atom stereocenters. The molecule has 0 aliphatic heterocycles.